The minimum atomic E-state index is -0.492. The second kappa shape index (κ2) is 15.2. The smallest absolute Gasteiger partial charge is 0.407 e. The van der Waals surface area contributed by atoms with E-state index in [1.807, 2.05) is 65.8 Å². The molecule has 0 aliphatic rings. The number of rotatable bonds is 13. The number of ether oxygens (including phenoxy) is 2. The minimum absolute atomic E-state index is 0.392. The summed E-state index contributed by atoms with van der Waals surface area (Å²) in [6.07, 6.45) is 4.39. The molecule has 10 nitrogen and oxygen atoms in total. The zero-order valence-corrected chi connectivity index (χ0v) is 23.6. The standard InChI is InChI=1S/C28H44N6O4/c1-27(2,3)37-25(35)33-13-7-11-29-19-21-9-15-31-23(17-21)24-18-22(10-16-32-24)20-30-12-8-14-34-26(36)38-28(4,5)6/h9-10,15-18,29-30H,7-8,11-14,19-20H2,1-6H3,(H,33,35)(H,34,36). The highest BCUT2D eigenvalue weighted by atomic mass is 16.6. The van der Waals surface area contributed by atoms with Crippen molar-refractivity contribution in [3.63, 3.8) is 0 Å². The lowest BCUT2D eigenvalue weighted by atomic mass is 10.1. The molecule has 10 heteroatoms. The summed E-state index contributed by atoms with van der Waals surface area (Å²) in [4.78, 5) is 32.4. The van der Waals surface area contributed by atoms with Crippen LogP contribution in [-0.4, -0.2) is 59.5 Å². The molecule has 4 N–H and O–H groups in total. The van der Waals surface area contributed by atoms with Gasteiger partial charge in [-0.05, 0) is 103 Å². The first-order valence-electron chi connectivity index (χ1n) is 13.2. The van der Waals surface area contributed by atoms with Crippen molar-refractivity contribution < 1.29 is 19.1 Å². The number of alkyl carbamates (subject to hydrolysis) is 2. The first kappa shape index (κ1) is 31.0. The fourth-order valence-corrected chi connectivity index (χ4v) is 3.35. The van der Waals surface area contributed by atoms with Gasteiger partial charge in [0.05, 0.1) is 11.4 Å². The molecule has 2 heterocycles. The third-order valence-corrected chi connectivity index (χ3v) is 4.97. The Hall–Kier alpha value is -3.24. The van der Waals surface area contributed by atoms with E-state index in [0.29, 0.717) is 26.2 Å². The average molecular weight is 529 g/mol. The molecule has 0 saturated carbocycles. The molecule has 2 aromatic heterocycles. The van der Waals surface area contributed by atoms with E-state index in [2.05, 4.69) is 31.2 Å². The molecule has 0 spiro atoms. The van der Waals surface area contributed by atoms with Crippen molar-refractivity contribution in [2.75, 3.05) is 26.2 Å². The molecular weight excluding hydrogens is 484 g/mol. The van der Waals surface area contributed by atoms with Crippen LogP contribution >= 0.6 is 0 Å². The maximum absolute atomic E-state index is 11.7. The SMILES string of the molecule is CC(C)(C)OC(=O)NCCCNCc1ccnc(-c2cc(CNCCCNC(=O)OC(C)(C)C)ccn2)c1. The number of carbonyl (C=O) groups excluding carboxylic acids is 2. The van der Waals surface area contributed by atoms with Gasteiger partial charge in [0.25, 0.3) is 0 Å². The first-order chi connectivity index (χ1) is 17.9. The summed E-state index contributed by atoms with van der Waals surface area (Å²) in [6, 6.07) is 8.03. The normalized spacial score (nSPS) is 11.6. The molecule has 0 unspecified atom stereocenters. The topological polar surface area (TPSA) is 126 Å². The van der Waals surface area contributed by atoms with Gasteiger partial charge in [0.15, 0.2) is 0 Å². The van der Waals surface area contributed by atoms with Crippen LogP contribution in [0.25, 0.3) is 11.4 Å². The summed E-state index contributed by atoms with van der Waals surface area (Å²) in [7, 11) is 0. The molecule has 0 aromatic carbocycles. The van der Waals surface area contributed by atoms with Gasteiger partial charge in [0.2, 0.25) is 0 Å². The van der Waals surface area contributed by atoms with Crippen LogP contribution in [0.3, 0.4) is 0 Å². The molecular formula is C28H44N6O4. The van der Waals surface area contributed by atoms with Gasteiger partial charge in [-0.25, -0.2) is 9.59 Å². The zero-order valence-electron chi connectivity index (χ0n) is 23.6. The summed E-state index contributed by atoms with van der Waals surface area (Å²) >= 11 is 0. The number of nitrogens with zero attached hydrogens (tertiary/aromatic N) is 2. The third kappa shape index (κ3) is 13.9. The maximum atomic E-state index is 11.7. The van der Waals surface area contributed by atoms with Crippen molar-refractivity contribution >= 4 is 12.2 Å². The Bertz CT molecular complexity index is 935. The predicted octanol–water partition coefficient (Wildman–Crippen LogP) is 4.15. The molecule has 0 bridgehead atoms. The van der Waals surface area contributed by atoms with Crippen molar-refractivity contribution in [2.45, 2.75) is 78.7 Å². The first-order valence-corrected chi connectivity index (χ1v) is 13.2. The minimum Gasteiger partial charge on any atom is -0.444 e. The number of carbonyl (C=O) groups is 2. The van der Waals surface area contributed by atoms with Gasteiger partial charge in [0, 0.05) is 38.6 Å². The maximum Gasteiger partial charge on any atom is 0.407 e. The average Bonchev–Trinajstić information content (AvgIpc) is 2.81. The van der Waals surface area contributed by atoms with E-state index in [9.17, 15) is 9.59 Å². The summed E-state index contributed by atoms with van der Waals surface area (Å²) < 4.78 is 10.5. The number of pyridine rings is 2. The van der Waals surface area contributed by atoms with Gasteiger partial charge in [-0.15, -0.1) is 0 Å². The molecule has 210 valence electrons. The van der Waals surface area contributed by atoms with Crippen LogP contribution in [0.5, 0.6) is 0 Å². The number of aromatic nitrogens is 2. The van der Waals surface area contributed by atoms with Gasteiger partial charge in [-0.3, -0.25) is 9.97 Å². The van der Waals surface area contributed by atoms with E-state index in [-0.39, 0.29) is 0 Å². The van der Waals surface area contributed by atoms with Crippen LogP contribution in [0.2, 0.25) is 0 Å². The largest absolute Gasteiger partial charge is 0.444 e. The second-order valence-electron chi connectivity index (χ2n) is 11.0. The lowest BCUT2D eigenvalue weighted by Crippen LogP contribution is -2.33. The van der Waals surface area contributed by atoms with Gasteiger partial charge < -0.3 is 30.7 Å². The summed E-state index contributed by atoms with van der Waals surface area (Å²) in [5.74, 6) is 0. The van der Waals surface area contributed by atoms with E-state index < -0.39 is 23.4 Å². The van der Waals surface area contributed by atoms with Crippen LogP contribution in [0.1, 0.15) is 65.5 Å². The van der Waals surface area contributed by atoms with E-state index in [0.717, 1.165) is 48.4 Å². The molecule has 0 aliphatic carbocycles. The Balaban J connectivity index is 1.70. The Labute approximate surface area is 226 Å². The van der Waals surface area contributed by atoms with Gasteiger partial charge >= 0.3 is 12.2 Å². The van der Waals surface area contributed by atoms with E-state index in [4.69, 9.17) is 9.47 Å². The van der Waals surface area contributed by atoms with Crippen molar-refractivity contribution in [2.24, 2.45) is 0 Å². The number of hydrogen-bond donors (Lipinski definition) is 4. The molecule has 38 heavy (non-hydrogen) atoms. The molecule has 0 aliphatic heterocycles. The lowest BCUT2D eigenvalue weighted by molar-refractivity contribution is 0.0515. The van der Waals surface area contributed by atoms with Gasteiger partial charge in [-0.2, -0.15) is 0 Å². The zero-order chi connectivity index (χ0) is 28.0. The molecule has 2 rings (SSSR count). The van der Waals surface area contributed by atoms with Crippen LogP contribution in [0.15, 0.2) is 36.7 Å². The monoisotopic (exact) mass is 528 g/mol. The third-order valence-electron chi connectivity index (χ3n) is 4.97. The van der Waals surface area contributed by atoms with Crippen LogP contribution in [-0.2, 0) is 22.6 Å². The quantitative estimate of drug-likeness (QED) is 0.286. The van der Waals surface area contributed by atoms with E-state index in [1.165, 1.54) is 0 Å². The second-order valence-corrected chi connectivity index (χ2v) is 11.0. The molecule has 0 atom stereocenters. The Kier molecular flexibility index (Phi) is 12.4. The highest BCUT2D eigenvalue weighted by molar-refractivity contribution is 5.67. The molecule has 0 saturated heterocycles. The highest BCUT2D eigenvalue weighted by Gasteiger charge is 2.16. The molecule has 0 radical (unpaired) electrons. The Morgan fingerprint density at radius 3 is 1.45 bits per heavy atom. The Morgan fingerprint density at radius 2 is 1.08 bits per heavy atom. The predicted molar refractivity (Wildman–Crippen MR) is 149 cm³/mol. The van der Waals surface area contributed by atoms with E-state index in [1.54, 1.807) is 12.4 Å². The van der Waals surface area contributed by atoms with Crippen LogP contribution in [0, 0.1) is 0 Å². The number of hydrogen-bond acceptors (Lipinski definition) is 8. The van der Waals surface area contributed by atoms with Crippen LogP contribution in [0.4, 0.5) is 9.59 Å². The van der Waals surface area contributed by atoms with Crippen LogP contribution < -0.4 is 21.3 Å². The molecule has 2 amide bonds. The number of nitrogens with one attached hydrogen (secondary N) is 4. The fourth-order valence-electron chi connectivity index (χ4n) is 3.35. The van der Waals surface area contributed by atoms with E-state index >= 15 is 0 Å². The summed E-state index contributed by atoms with van der Waals surface area (Å²) in [6.45, 7) is 15.1. The van der Waals surface area contributed by atoms with Crippen molar-refractivity contribution in [1.29, 1.82) is 0 Å². The summed E-state index contributed by atoms with van der Waals surface area (Å²) in [5, 5.41) is 12.3. The lowest BCUT2D eigenvalue weighted by Gasteiger charge is -2.19. The summed E-state index contributed by atoms with van der Waals surface area (Å²) in [5.41, 5.74) is 2.87. The highest BCUT2D eigenvalue weighted by Crippen LogP contribution is 2.17. The fraction of sp³-hybridized carbons (Fsp3) is 0.571. The van der Waals surface area contributed by atoms with Crippen molar-refractivity contribution in [1.82, 2.24) is 31.2 Å². The Morgan fingerprint density at radius 1 is 0.684 bits per heavy atom. The molecule has 0 fully saturated rings. The van der Waals surface area contributed by atoms with Crippen molar-refractivity contribution in [3.8, 4) is 11.4 Å². The number of amides is 2. The van der Waals surface area contributed by atoms with Crippen molar-refractivity contribution in [3.05, 3.63) is 47.8 Å². The molecule has 2 aromatic rings. The van der Waals surface area contributed by atoms with Gasteiger partial charge in [-0.1, -0.05) is 0 Å². The van der Waals surface area contributed by atoms with Gasteiger partial charge in [0.1, 0.15) is 11.2 Å².